The standard InChI is InChI=1S/C17H18N2O8S2/c1-28(23,24)19(29(2,25)26)14-9-15(21)13(16(22)10-18-11-20)8-17(14)27-12-6-4-3-5-7-12/h3-9,11,21H,10H2,1-2H3,(H,18,20). The van der Waals surface area contributed by atoms with Gasteiger partial charge in [0.15, 0.2) is 11.5 Å². The van der Waals surface area contributed by atoms with E-state index in [-0.39, 0.29) is 20.8 Å². The maximum atomic E-state index is 12.2. The number of aromatic hydroxyl groups is 1. The van der Waals surface area contributed by atoms with Crippen LogP contribution in [0.2, 0.25) is 0 Å². The van der Waals surface area contributed by atoms with Crippen molar-refractivity contribution in [3.05, 3.63) is 48.0 Å². The van der Waals surface area contributed by atoms with E-state index in [4.69, 9.17) is 4.74 Å². The molecule has 0 atom stereocenters. The molecule has 2 aromatic carbocycles. The van der Waals surface area contributed by atoms with Gasteiger partial charge in [-0.1, -0.05) is 18.2 Å². The molecule has 156 valence electrons. The van der Waals surface area contributed by atoms with Gasteiger partial charge in [0, 0.05) is 6.07 Å². The van der Waals surface area contributed by atoms with Crippen LogP contribution >= 0.6 is 0 Å². The highest BCUT2D eigenvalue weighted by atomic mass is 32.3. The number of nitrogens with one attached hydrogen (secondary N) is 1. The van der Waals surface area contributed by atoms with Crippen LogP contribution in [0, 0.1) is 0 Å². The Morgan fingerprint density at radius 3 is 2.21 bits per heavy atom. The number of para-hydroxylation sites is 1. The number of benzene rings is 2. The summed E-state index contributed by atoms with van der Waals surface area (Å²) in [5.41, 5.74) is -0.799. The van der Waals surface area contributed by atoms with E-state index >= 15 is 0 Å². The Morgan fingerprint density at radius 2 is 1.69 bits per heavy atom. The van der Waals surface area contributed by atoms with Crippen molar-refractivity contribution in [1.29, 1.82) is 0 Å². The van der Waals surface area contributed by atoms with Gasteiger partial charge in [0.05, 0.1) is 24.6 Å². The van der Waals surface area contributed by atoms with Crippen molar-refractivity contribution in [2.75, 3.05) is 22.8 Å². The number of carbonyl (C=O) groups excluding carboxylic acids is 2. The molecule has 0 fully saturated rings. The first kappa shape index (κ1) is 22.2. The molecule has 12 heteroatoms. The normalized spacial score (nSPS) is 11.5. The van der Waals surface area contributed by atoms with Crippen molar-refractivity contribution in [3.8, 4) is 17.2 Å². The lowest BCUT2D eigenvalue weighted by atomic mass is 10.1. The molecule has 29 heavy (non-hydrogen) atoms. The number of hydrogen-bond acceptors (Lipinski definition) is 8. The van der Waals surface area contributed by atoms with Crippen molar-refractivity contribution in [2.24, 2.45) is 0 Å². The van der Waals surface area contributed by atoms with E-state index in [1.807, 2.05) is 0 Å². The Morgan fingerprint density at radius 1 is 1.10 bits per heavy atom. The number of phenolic OH excluding ortho intramolecular Hbond substituents is 1. The number of carbonyl (C=O) groups is 2. The molecule has 0 saturated carbocycles. The molecule has 0 radical (unpaired) electrons. The molecule has 0 aliphatic heterocycles. The number of Topliss-reactive ketones (excluding diaryl/α,β-unsaturated/α-hetero) is 1. The van der Waals surface area contributed by atoms with E-state index in [9.17, 15) is 31.5 Å². The SMILES string of the molecule is CS(=O)(=O)N(c1cc(O)c(C(=O)CNC=O)cc1Oc1ccccc1)S(C)(=O)=O. The summed E-state index contributed by atoms with van der Waals surface area (Å²) in [6.07, 6.45) is 1.63. The number of ether oxygens (including phenoxy) is 1. The van der Waals surface area contributed by atoms with Crippen LogP contribution in [0.4, 0.5) is 5.69 Å². The van der Waals surface area contributed by atoms with E-state index in [2.05, 4.69) is 5.32 Å². The summed E-state index contributed by atoms with van der Waals surface area (Å²) in [7, 11) is -8.69. The first-order chi connectivity index (χ1) is 13.4. The van der Waals surface area contributed by atoms with Crippen molar-refractivity contribution in [3.63, 3.8) is 0 Å². The largest absolute Gasteiger partial charge is 0.507 e. The Hall–Kier alpha value is -3.12. The molecule has 0 spiro atoms. The predicted molar refractivity (Wildman–Crippen MR) is 105 cm³/mol. The molecular formula is C17H18N2O8S2. The molecule has 0 aliphatic rings. The Balaban J connectivity index is 2.73. The zero-order chi connectivity index (χ0) is 21.8. The van der Waals surface area contributed by atoms with E-state index in [0.29, 0.717) is 18.9 Å². The summed E-state index contributed by atoms with van der Waals surface area (Å²) >= 11 is 0. The van der Waals surface area contributed by atoms with Crippen molar-refractivity contribution in [1.82, 2.24) is 5.32 Å². The number of ketones is 1. The van der Waals surface area contributed by atoms with Crippen LogP contribution in [0.3, 0.4) is 0 Å². The number of rotatable bonds is 9. The highest BCUT2D eigenvalue weighted by Crippen LogP contribution is 2.40. The molecule has 2 aromatic rings. The first-order valence-corrected chi connectivity index (χ1v) is 11.7. The second-order valence-corrected chi connectivity index (χ2v) is 9.79. The number of anilines is 1. The Kier molecular flexibility index (Phi) is 6.49. The van der Waals surface area contributed by atoms with Gasteiger partial charge in [0.2, 0.25) is 26.5 Å². The van der Waals surface area contributed by atoms with Crippen LogP contribution in [0.15, 0.2) is 42.5 Å². The van der Waals surface area contributed by atoms with Crippen LogP contribution in [-0.4, -0.2) is 53.2 Å². The molecule has 0 unspecified atom stereocenters. The number of amides is 1. The minimum atomic E-state index is -4.34. The van der Waals surface area contributed by atoms with Gasteiger partial charge in [-0.25, -0.2) is 16.8 Å². The van der Waals surface area contributed by atoms with Crippen LogP contribution in [0.1, 0.15) is 10.4 Å². The van der Waals surface area contributed by atoms with E-state index in [0.717, 1.165) is 12.1 Å². The molecule has 10 nitrogen and oxygen atoms in total. The number of nitrogens with zero attached hydrogens (tertiary/aromatic N) is 1. The smallest absolute Gasteiger partial charge is 0.245 e. The first-order valence-electron chi connectivity index (χ1n) is 7.95. The lowest BCUT2D eigenvalue weighted by Crippen LogP contribution is -2.35. The van der Waals surface area contributed by atoms with Gasteiger partial charge in [0.25, 0.3) is 0 Å². The highest BCUT2D eigenvalue weighted by molar-refractivity contribution is 8.09. The summed E-state index contributed by atoms with van der Waals surface area (Å²) in [6.45, 7) is -0.441. The lowest BCUT2D eigenvalue weighted by Gasteiger charge is -2.23. The zero-order valence-corrected chi connectivity index (χ0v) is 17.0. The number of hydrogen-bond donors (Lipinski definition) is 2. The Bertz CT molecular complexity index is 1100. The molecule has 0 saturated heterocycles. The fourth-order valence-electron chi connectivity index (χ4n) is 2.45. The minimum Gasteiger partial charge on any atom is -0.507 e. The summed E-state index contributed by atoms with van der Waals surface area (Å²) < 4.78 is 54.3. The third kappa shape index (κ3) is 5.45. The molecule has 0 bridgehead atoms. The maximum Gasteiger partial charge on any atom is 0.245 e. The molecule has 0 aromatic heterocycles. The Labute approximate surface area is 167 Å². The van der Waals surface area contributed by atoms with Gasteiger partial charge in [-0.05, 0) is 18.2 Å². The van der Waals surface area contributed by atoms with Crippen LogP contribution in [-0.2, 0) is 24.8 Å². The number of phenols is 1. The van der Waals surface area contributed by atoms with E-state index < -0.39 is 43.8 Å². The predicted octanol–water partition coefficient (Wildman–Crippen LogP) is 0.839. The van der Waals surface area contributed by atoms with Gasteiger partial charge in [0.1, 0.15) is 17.2 Å². The summed E-state index contributed by atoms with van der Waals surface area (Å²) in [5, 5.41) is 12.4. The zero-order valence-electron chi connectivity index (χ0n) is 15.4. The van der Waals surface area contributed by atoms with Crippen molar-refractivity contribution >= 4 is 37.9 Å². The monoisotopic (exact) mass is 442 g/mol. The maximum absolute atomic E-state index is 12.2. The van der Waals surface area contributed by atoms with Gasteiger partial charge in [-0.3, -0.25) is 9.59 Å². The van der Waals surface area contributed by atoms with Crippen LogP contribution < -0.4 is 13.8 Å². The summed E-state index contributed by atoms with van der Waals surface area (Å²) in [5.74, 6) is -1.47. The second-order valence-electron chi connectivity index (χ2n) is 5.90. The van der Waals surface area contributed by atoms with Crippen LogP contribution in [0.25, 0.3) is 0 Å². The van der Waals surface area contributed by atoms with Gasteiger partial charge in [-0.15, -0.1) is 0 Å². The average Bonchev–Trinajstić information content (AvgIpc) is 2.60. The van der Waals surface area contributed by atoms with E-state index in [1.54, 1.807) is 18.2 Å². The van der Waals surface area contributed by atoms with E-state index in [1.165, 1.54) is 12.1 Å². The third-order valence-corrected chi connectivity index (χ3v) is 6.72. The van der Waals surface area contributed by atoms with Crippen LogP contribution in [0.5, 0.6) is 17.2 Å². The van der Waals surface area contributed by atoms with Crippen molar-refractivity contribution in [2.45, 2.75) is 0 Å². The molecular weight excluding hydrogens is 424 g/mol. The van der Waals surface area contributed by atoms with Crippen molar-refractivity contribution < 1.29 is 36.3 Å². The highest BCUT2D eigenvalue weighted by Gasteiger charge is 2.32. The quantitative estimate of drug-likeness (QED) is 0.429. The third-order valence-electron chi connectivity index (χ3n) is 3.49. The van der Waals surface area contributed by atoms with Gasteiger partial charge >= 0.3 is 0 Å². The summed E-state index contributed by atoms with van der Waals surface area (Å²) in [6, 6.07) is 9.81. The molecule has 1 amide bonds. The topological polar surface area (TPSA) is 147 Å². The molecule has 2 N–H and O–H groups in total. The second kappa shape index (κ2) is 8.49. The minimum absolute atomic E-state index is 0.0932. The average molecular weight is 442 g/mol. The molecule has 2 rings (SSSR count). The van der Waals surface area contributed by atoms with Gasteiger partial charge < -0.3 is 15.2 Å². The lowest BCUT2D eigenvalue weighted by molar-refractivity contribution is -0.109. The fraction of sp³-hybridized carbons (Fsp3) is 0.176. The molecule has 0 aliphatic carbocycles. The van der Waals surface area contributed by atoms with Gasteiger partial charge in [-0.2, -0.15) is 3.71 Å². The fourth-order valence-corrected chi connectivity index (χ4v) is 5.42. The molecule has 0 heterocycles. The number of sulfonamides is 2. The summed E-state index contributed by atoms with van der Waals surface area (Å²) in [4.78, 5) is 22.6.